The van der Waals surface area contributed by atoms with Gasteiger partial charge < -0.3 is 20.8 Å². The van der Waals surface area contributed by atoms with Gasteiger partial charge in [0.1, 0.15) is 5.75 Å². The van der Waals surface area contributed by atoms with Crippen molar-refractivity contribution in [3.8, 4) is 5.75 Å². The molecule has 0 atom stereocenters. The maximum Gasteiger partial charge on any atom is 0.291 e. The zero-order valence-corrected chi connectivity index (χ0v) is 19.9. The van der Waals surface area contributed by atoms with Gasteiger partial charge in [0, 0.05) is 12.0 Å². The molecule has 0 bridgehead atoms. The third-order valence-electron chi connectivity index (χ3n) is 4.72. The van der Waals surface area contributed by atoms with Crippen LogP contribution in [0.1, 0.15) is 44.4 Å². The Hall–Kier alpha value is -2.45. The lowest BCUT2D eigenvalue weighted by atomic mass is 9.91. The number of likely N-dealkylation sites (N-methyl/N-ethyl adjacent to an activating group) is 1. The van der Waals surface area contributed by atoms with Crippen molar-refractivity contribution in [3.05, 3.63) is 28.8 Å². The second kappa shape index (κ2) is 11.1. The van der Waals surface area contributed by atoms with Crippen molar-refractivity contribution in [3.63, 3.8) is 0 Å². The van der Waals surface area contributed by atoms with Crippen LogP contribution in [0.5, 0.6) is 5.75 Å². The molecule has 0 aromatic heterocycles. The van der Waals surface area contributed by atoms with E-state index < -0.39 is 0 Å². The highest BCUT2D eigenvalue weighted by molar-refractivity contribution is 7.80. The van der Waals surface area contributed by atoms with E-state index in [-0.39, 0.29) is 28.0 Å². The first-order valence-corrected chi connectivity index (χ1v) is 10.3. The maximum absolute atomic E-state index is 7.91. The molecule has 7 nitrogen and oxygen atoms in total. The van der Waals surface area contributed by atoms with Gasteiger partial charge in [-0.05, 0) is 68.8 Å². The Bertz CT molecular complexity index is 867. The molecule has 0 aliphatic carbocycles. The number of hydrogen-bond acceptors (Lipinski definition) is 5. The summed E-state index contributed by atoms with van der Waals surface area (Å²) in [4.78, 5) is 10.1. The molecule has 1 aromatic rings. The number of benzene rings is 1. The van der Waals surface area contributed by atoms with Gasteiger partial charge >= 0.3 is 0 Å². The normalized spacial score (nSPS) is 12.5. The van der Waals surface area contributed by atoms with Crippen LogP contribution >= 0.6 is 12.2 Å². The number of ether oxygens (including phenoxy) is 1. The van der Waals surface area contributed by atoms with E-state index >= 15 is 0 Å². The molecule has 4 N–H and O–H groups in total. The Morgan fingerprint density at radius 3 is 2.43 bits per heavy atom. The molecule has 0 radical (unpaired) electrons. The molecule has 1 aromatic carbocycles. The Labute approximate surface area is 185 Å². The molecular formula is C22H34N6OS. The third-order valence-corrected chi connectivity index (χ3v) is 4.89. The minimum Gasteiger partial charge on any atom is -0.430 e. The summed E-state index contributed by atoms with van der Waals surface area (Å²) in [7, 11) is 2.11. The van der Waals surface area contributed by atoms with Crippen LogP contribution in [0.25, 0.3) is 0 Å². The largest absolute Gasteiger partial charge is 0.430 e. The minimum absolute atomic E-state index is 0.0840. The van der Waals surface area contributed by atoms with Gasteiger partial charge in [0.15, 0.2) is 11.7 Å². The molecule has 0 saturated heterocycles. The van der Waals surface area contributed by atoms with E-state index in [0.29, 0.717) is 5.75 Å². The van der Waals surface area contributed by atoms with Gasteiger partial charge in [-0.25, -0.2) is 4.99 Å². The molecule has 0 aliphatic rings. The van der Waals surface area contributed by atoms with Gasteiger partial charge in [-0.1, -0.05) is 33.8 Å². The summed E-state index contributed by atoms with van der Waals surface area (Å²) in [6.07, 6.45) is 2.27. The van der Waals surface area contributed by atoms with Crippen molar-refractivity contribution in [2.75, 3.05) is 20.1 Å². The second-order valence-corrected chi connectivity index (χ2v) is 8.67. The third kappa shape index (κ3) is 8.12. The van der Waals surface area contributed by atoms with Crippen LogP contribution in [0.3, 0.4) is 0 Å². The summed E-state index contributed by atoms with van der Waals surface area (Å²) in [5.74, 6) is 0.191. The van der Waals surface area contributed by atoms with E-state index in [1.165, 1.54) is 11.8 Å². The summed E-state index contributed by atoms with van der Waals surface area (Å²) >= 11 is 5.18. The lowest BCUT2D eigenvalue weighted by molar-refractivity contribution is 0.357. The molecule has 164 valence electrons. The maximum atomic E-state index is 7.91. The number of rotatable bonds is 6. The number of aryl methyl sites for hydroxylation is 2. The van der Waals surface area contributed by atoms with E-state index in [4.69, 9.17) is 33.5 Å². The number of hydrogen-bond donors (Lipinski definition) is 3. The summed E-state index contributed by atoms with van der Waals surface area (Å²) in [6.45, 7) is 13.8. The van der Waals surface area contributed by atoms with Crippen molar-refractivity contribution in [2.24, 2.45) is 21.1 Å². The lowest BCUT2D eigenvalue weighted by Crippen LogP contribution is -2.26. The number of aliphatic imine (C=N–C) groups is 2. The van der Waals surface area contributed by atoms with Crippen LogP contribution < -0.4 is 10.5 Å². The average Bonchev–Trinajstić information content (AvgIpc) is 2.65. The summed E-state index contributed by atoms with van der Waals surface area (Å²) < 4.78 is 5.69. The summed E-state index contributed by atoms with van der Waals surface area (Å²) in [5.41, 5.74) is 9.09. The molecule has 30 heavy (non-hydrogen) atoms. The van der Waals surface area contributed by atoms with Crippen LogP contribution in [-0.2, 0) is 6.42 Å². The van der Waals surface area contributed by atoms with Crippen molar-refractivity contribution in [2.45, 2.75) is 48.0 Å². The van der Waals surface area contributed by atoms with Gasteiger partial charge in [-0.3, -0.25) is 5.41 Å². The number of nitrogens with two attached hydrogens (primary N) is 1. The zero-order chi connectivity index (χ0) is 23.1. The standard InChI is InChI=1S/C22H34N6OS/c1-8-28(7)10-9-16-11-15(3)17(12-14(16)2)29-21(30)27-20(25)19(24)26-13-18(23)22(4,5)6/h11-13,23-24H,8-10H2,1-7H3,(H2,25,27,30). The minimum atomic E-state index is -0.360. The van der Waals surface area contributed by atoms with Crippen LogP contribution in [-0.4, -0.2) is 53.8 Å². The molecular weight excluding hydrogens is 396 g/mol. The fraction of sp³-hybridized carbons (Fsp3) is 0.500. The Morgan fingerprint density at radius 1 is 1.23 bits per heavy atom. The highest BCUT2D eigenvalue weighted by Gasteiger charge is 2.15. The Balaban J connectivity index is 2.84. The number of nitrogens with one attached hydrogen (secondary N) is 2. The zero-order valence-electron chi connectivity index (χ0n) is 19.1. The molecule has 8 heteroatoms. The first-order valence-electron chi connectivity index (χ1n) is 9.91. The molecule has 0 spiro atoms. The van der Waals surface area contributed by atoms with E-state index in [0.717, 1.165) is 30.6 Å². The first-order chi connectivity index (χ1) is 13.8. The summed E-state index contributed by atoms with van der Waals surface area (Å²) in [5, 5.41) is 15.7. The SMILES string of the molecule is CCN(C)CCc1cc(C)c(OC(=S)/N=C(\N)C(=N)N=CC(=N)C(C)(C)C)cc1C. The molecule has 0 fully saturated rings. The van der Waals surface area contributed by atoms with Crippen LogP contribution in [0.4, 0.5) is 0 Å². The average molecular weight is 431 g/mol. The van der Waals surface area contributed by atoms with Gasteiger partial charge in [0.2, 0.25) is 0 Å². The molecule has 0 saturated carbocycles. The molecule has 0 amide bonds. The van der Waals surface area contributed by atoms with Gasteiger partial charge in [0.05, 0.1) is 11.9 Å². The van der Waals surface area contributed by atoms with Crippen LogP contribution in [0.2, 0.25) is 0 Å². The molecule has 0 unspecified atom stereocenters. The predicted molar refractivity (Wildman–Crippen MR) is 131 cm³/mol. The molecule has 1 rings (SSSR count). The number of thiocarbonyl (C=S) groups is 1. The summed E-state index contributed by atoms with van der Waals surface area (Å²) in [6, 6.07) is 4.05. The van der Waals surface area contributed by atoms with Crippen LogP contribution in [0, 0.1) is 30.1 Å². The van der Waals surface area contributed by atoms with E-state index in [1.807, 2.05) is 40.7 Å². The highest BCUT2D eigenvalue weighted by Crippen LogP contribution is 2.24. The first kappa shape index (κ1) is 25.6. The second-order valence-electron chi connectivity index (χ2n) is 8.33. The fourth-order valence-electron chi connectivity index (χ4n) is 2.36. The predicted octanol–water partition coefficient (Wildman–Crippen LogP) is 3.93. The van der Waals surface area contributed by atoms with Crippen LogP contribution in [0.15, 0.2) is 22.1 Å². The quantitative estimate of drug-likeness (QED) is 0.361. The van der Waals surface area contributed by atoms with Crippen molar-refractivity contribution in [1.82, 2.24) is 4.90 Å². The van der Waals surface area contributed by atoms with E-state index in [9.17, 15) is 0 Å². The fourth-order valence-corrected chi connectivity index (χ4v) is 2.54. The van der Waals surface area contributed by atoms with Gasteiger partial charge in [-0.2, -0.15) is 4.99 Å². The van der Waals surface area contributed by atoms with Gasteiger partial charge in [-0.15, -0.1) is 0 Å². The Kier molecular flexibility index (Phi) is 9.45. The van der Waals surface area contributed by atoms with Crippen molar-refractivity contribution in [1.29, 1.82) is 10.8 Å². The van der Waals surface area contributed by atoms with E-state index in [1.54, 1.807) is 0 Å². The lowest BCUT2D eigenvalue weighted by Gasteiger charge is -2.16. The van der Waals surface area contributed by atoms with Gasteiger partial charge in [0.25, 0.3) is 5.17 Å². The Morgan fingerprint density at radius 2 is 1.87 bits per heavy atom. The van der Waals surface area contributed by atoms with Crippen molar-refractivity contribution < 1.29 is 4.74 Å². The smallest absolute Gasteiger partial charge is 0.291 e. The monoisotopic (exact) mass is 430 g/mol. The number of nitrogens with zero attached hydrogens (tertiary/aromatic N) is 3. The molecule has 0 heterocycles. The van der Waals surface area contributed by atoms with E-state index in [2.05, 4.69) is 34.9 Å². The number of amidine groups is 2. The molecule has 0 aliphatic heterocycles. The topological polar surface area (TPSA) is 111 Å². The highest BCUT2D eigenvalue weighted by atomic mass is 32.1. The van der Waals surface area contributed by atoms with Crippen molar-refractivity contribution >= 4 is 41.0 Å².